The monoisotopic (exact) mass is 409 g/mol. The SMILES string of the molecule is Nc1nc2cc(I)c(F)cc2n1-c1ccc2sccc2c1. The predicted molar refractivity (Wildman–Crippen MR) is 93.5 cm³/mol. The lowest BCUT2D eigenvalue weighted by atomic mass is 10.2. The molecule has 0 unspecified atom stereocenters. The molecule has 3 nitrogen and oxygen atoms in total. The molecule has 2 N–H and O–H groups in total. The van der Waals surface area contributed by atoms with Crippen molar-refractivity contribution in [2.75, 3.05) is 5.73 Å². The number of fused-ring (bicyclic) bond motifs is 2. The fourth-order valence-corrected chi connectivity index (χ4v) is 3.68. The topological polar surface area (TPSA) is 43.8 Å². The molecule has 2 aromatic carbocycles. The molecular formula is C15H9FIN3S. The molecule has 4 aromatic rings. The Hall–Kier alpha value is -1.67. The summed E-state index contributed by atoms with van der Waals surface area (Å²) < 4.78 is 17.4. The van der Waals surface area contributed by atoms with Crippen LogP contribution in [0.15, 0.2) is 41.8 Å². The fourth-order valence-electron chi connectivity index (χ4n) is 2.46. The van der Waals surface area contributed by atoms with Gasteiger partial charge in [-0.05, 0) is 63.7 Å². The Bertz CT molecular complexity index is 989. The molecule has 104 valence electrons. The molecule has 0 saturated carbocycles. The van der Waals surface area contributed by atoms with E-state index in [1.54, 1.807) is 22.0 Å². The van der Waals surface area contributed by atoms with Gasteiger partial charge in [-0.15, -0.1) is 11.3 Å². The van der Waals surface area contributed by atoms with Crippen LogP contribution in [-0.2, 0) is 0 Å². The molecule has 0 amide bonds. The van der Waals surface area contributed by atoms with E-state index in [4.69, 9.17) is 5.73 Å². The molecule has 0 bridgehead atoms. The maximum absolute atomic E-state index is 13.9. The second-order valence-electron chi connectivity index (χ2n) is 4.70. The second-order valence-corrected chi connectivity index (χ2v) is 6.81. The summed E-state index contributed by atoms with van der Waals surface area (Å²) >= 11 is 3.64. The number of benzene rings is 2. The predicted octanol–water partition coefficient (Wildman–Crippen LogP) is 4.57. The minimum absolute atomic E-state index is 0.263. The zero-order valence-electron chi connectivity index (χ0n) is 10.7. The number of hydrogen-bond acceptors (Lipinski definition) is 3. The Balaban J connectivity index is 2.04. The fraction of sp³-hybridized carbons (Fsp3) is 0. The van der Waals surface area contributed by atoms with Crippen molar-refractivity contribution in [3.05, 3.63) is 51.2 Å². The molecule has 0 saturated heterocycles. The Kier molecular flexibility index (Phi) is 2.90. The normalized spacial score (nSPS) is 11.5. The first kappa shape index (κ1) is 13.0. The van der Waals surface area contributed by atoms with Crippen LogP contribution in [0.25, 0.3) is 26.8 Å². The number of nitrogen functional groups attached to an aromatic ring is 1. The average Bonchev–Trinajstić information content (AvgIpc) is 3.02. The molecule has 2 heterocycles. The summed E-state index contributed by atoms with van der Waals surface area (Å²) in [4.78, 5) is 4.33. The minimum Gasteiger partial charge on any atom is -0.369 e. The van der Waals surface area contributed by atoms with E-state index in [0.717, 1.165) is 11.1 Å². The Morgan fingerprint density at radius 1 is 1.19 bits per heavy atom. The summed E-state index contributed by atoms with van der Waals surface area (Å²) in [5, 5.41) is 3.19. The van der Waals surface area contributed by atoms with Crippen LogP contribution in [0.5, 0.6) is 0 Å². The first-order chi connectivity index (χ1) is 10.1. The Morgan fingerprint density at radius 3 is 2.90 bits per heavy atom. The smallest absolute Gasteiger partial charge is 0.205 e. The molecule has 4 rings (SSSR count). The first-order valence-corrected chi connectivity index (χ1v) is 8.20. The van der Waals surface area contributed by atoms with Crippen molar-refractivity contribution >= 4 is 61.0 Å². The van der Waals surface area contributed by atoms with Gasteiger partial charge in [0.25, 0.3) is 0 Å². The van der Waals surface area contributed by atoms with Crippen LogP contribution in [0.2, 0.25) is 0 Å². The van der Waals surface area contributed by atoms with E-state index in [1.807, 2.05) is 46.2 Å². The number of hydrogen-bond donors (Lipinski definition) is 1. The van der Waals surface area contributed by atoms with Crippen LogP contribution in [-0.4, -0.2) is 9.55 Å². The number of anilines is 1. The van der Waals surface area contributed by atoms with Gasteiger partial charge >= 0.3 is 0 Å². The minimum atomic E-state index is -0.263. The maximum atomic E-state index is 13.9. The van der Waals surface area contributed by atoms with Crippen LogP contribution >= 0.6 is 33.9 Å². The van der Waals surface area contributed by atoms with Crippen molar-refractivity contribution < 1.29 is 4.39 Å². The lowest BCUT2D eigenvalue weighted by Crippen LogP contribution is -2.00. The van der Waals surface area contributed by atoms with Crippen LogP contribution in [0, 0.1) is 9.39 Å². The third-order valence-electron chi connectivity index (χ3n) is 3.42. The van der Waals surface area contributed by atoms with E-state index in [-0.39, 0.29) is 5.82 Å². The van der Waals surface area contributed by atoms with Crippen LogP contribution < -0.4 is 5.73 Å². The summed E-state index contributed by atoms with van der Waals surface area (Å²) in [6.07, 6.45) is 0. The lowest BCUT2D eigenvalue weighted by Gasteiger charge is -2.07. The van der Waals surface area contributed by atoms with Crippen LogP contribution in [0.3, 0.4) is 0 Å². The maximum Gasteiger partial charge on any atom is 0.205 e. The molecule has 0 aliphatic rings. The molecule has 0 fully saturated rings. The molecule has 6 heteroatoms. The van der Waals surface area contributed by atoms with Gasteiger partial charge in [0.15, 0.2) is 0 Å². The highest BCUT2D eigenvalue weighted by molar-refractivity contribution is 14.1. The van der Waals surface area contributed by atoms with Crippen molar-refractivity contribution in [2.45, 2.75) is 0 Å². The number of nitrogens with zero attached hydrogens (tertiary/aromatic N) is 2. The zero-order chi connectivity index (χ0) is 14.6. The largest absolute Gasteiger partial charge is 0.369 e. The van der Waals surface area contributed by atoms with E-state index >= 15 is 0 Å². The number of thiophene rings is 1. The molecule has 0 aliphatic heterocycles. The van der Waals surface area contributed by atoms with Gasteiger partial charge in [-0.3, -0.25) is 4.57 Å². The van der Waals surface area contributed by atoms with Gasteiger partial charge in [0.2, 0.25) is 5.95 Å². The summed E-state index contributed by atoms with van der Waals surface area (Å²) in [7, 11) is 0. The van der Waals surface area contributed by atoms with Gasteiger partial charge in [-0.25, -0.2) is 9.37 Å². The van der Waals surface area contributed by atoms with Gasteiger partial charge < -0.3 is 5.73 Å². The van der Waals surface area contributed by atoms with E-state index in [0.29, 0.717) is 20.6 Å². The van der Waals surface area contributed by atoms with Crippen LogP contribution in [0.4, 0.5) is 10.3 Å². The molecule has 0 atom stereocenters. The number of halogens is 2. The highest BCUT2D eigenvalue weighted by Gasteiger charge is 2.13. The third-order valence-corrected chi connectivity index (χ3v) is 5.14. The zero-order valence-corrected chi connectivity index (χ0v) is 13.7. The number of rotatable bonds is 1. The first-order valence-electron chi connectivity index (χ1n) is 6.24. The van der Waals surface area contributed by atoms with Crippen LogP contribution in [0.1, 0.15) is 0 Å². The van der Waals surface area contributed by atoms with Crippen molar-refractivity contribution in [3.8, 4) is 5.69 Å². The summed E-state index contributed by atoms with van der Waals surface area (Å²) in [6, 6.07) is 11.3. The van der Waals surface area contributed by atoms with Crippen molar-refractivity contribution in [3.63, 3.8) is 0 Å². The highest BCUT2D eigenvalue weighted by Crippen LogP contribution is 2.29. The Morgan fingerprint density at radius 2 is 2.05 bits per heavy atom. The second kappa shape index (κ2) is 4.67. The molecule has 0 spiro atoms. The molecule has 21 heavy (non-hydrogen) atoms. The summed E-state index contributed by atoms with van der Waals surface area (Å²) in [5.74, 6) is 0.0989. The van der Waals surface area contributed by atoms with Crippen molar-refractivity contribution in [1.29, 1.82) is 0 Å². The number of imidazole rings is 1. The molecule has 2 aromatic heterocycles. The van der Waals surface area contributed by atoms with E-state index < -0.39 is 0 Å². The standard InChI is InChI=1S/C15H9FIN3S/c16-10-6-13-12(7-11(10)17)19-15(18)20(13)9-1-2-14-8(5-9)3-4-21-14/h1-7H,(H2,18,19). The van der Waals surface area contributed by atoms with Gasteiger partial charge in [0.1, 0.15) is 5.82 Å². The summed E-state index contributed by atoms with van der Waals surface area (Å²) in [6.45, 7) is 0. The van der Waals surface area contributed by atoms with E-state index in [2.05, 4.69) is 11.1 Å². The summed E-state index contributed by atoms with van der Waals surface area (Å²) in [5.41, 5.74) is 8.30. The number of aromatic nitrogens is 2. The lowest BCUT2D eigenvalue weighted by molar-refractivity contribution is 0.622. The van der Waals surface area contributed by atoms with E-state index in [9.17, 15) is 4.39 Å². The van der Waals surface area contributed by atoms with Crippen molar-refractivity contribution in [2.24, 2.45) is 0 Å². The highest BCUT2D eigenvalue weighted by atomic mass is 127. The third kappa shape index (κ3) is 2.01. The van der Waals surface area contributed by atoms with Gasteiger partial charge in [0.05, 0.1) is 14.6 Å². The van der Waals surface area contributed by atoms with Crippen molar-refractivity contribution in [1.82, 2.24) is 9.55 Å². The quantitative estimate of drug-likeness (QED) is 0.469. The average molecular weight is 409 g/mol. The Labute approximate surface area is 137 Å². The van der Waals surface area contributed by atoms with Gasteiger partial charge in [-0.1, -0.05) is 0 Å². The number of nitrogens with two attached hydrogens (primary N) is 1. The van der Waals surface area contributed by atoms with Gasteiger partial charge in [-0.2, -0.15) is 0 Å². The van der Waals surface area contributed by atoms with E-state index in [1.165, 1.54) is 10.8 Å². The molecule has 0 aliphatic carbocycles. The molecule has 0 radical (unpaired) electrons. The van der Waals surface area contributed by atoms with Gasteiger partial charge in [0, 0.05) is 16.5 Å². The molecular weight excluding hydrogens is 400 g/mol.